The van der Waals surface area contributed by atoms with Crippen LogP contribution in [0.15, 0.2) is 24.4 Å². The van der Waals surface area contributed by atoms with Crippen molar-refractivity contribution in [1.82, 2.24) is 9.97 Å². The van der Waals surface area contributed by atoms with E-state index in [4.69, 9.17) is 0 Å². The van der Waals surface area contributed by atoms with E-state index in [9.17, 15) is 0 Å². The molecule has 1 aromatic carbocycles. The summed E-state index contributed by atoms with van der Waals surface area (Å²) in [6.07, 6.45) is 1.78. The molecule has 0 saturated heterocycles. The molecule has 1 N–H and O–H groups in total. The van der Waals surface area contributed by atoms with E-state index in [1.165, 1.54) is 22.3 Å². The molecule has 1 aromatic heterocycles. The average Bonchev–Trinajstić information content (AvgIpc) is 2.28. The number of hydrogen-bond acceptors (Lipinski definition) is 3. The standard InChI is InChI=1S/C14H17N3/c1-9-7-10(2)13(11(3)8-9)12-5-6-16-14(15-4)17-12/h5-8H,1-4H3,(H,15,16,17). The van der Waals surface area contributed by atoms with E-state index >= 15 is 0 Å². The van der Waals surface area contributed by atoms with Crippen molar-refractivity contribution in [2.75, 3.05) is 12.4 Å². The van der Waals surface area contributed by atoms with Crippen LogP contribution in [0.1, 0.15) is 16.7 Å². The number of benzene rings is 1. The summed E-state index contributed by atoms with van der Waals surface area (Å²) in [5, 5.41) is 2.97. The molecule has 3 heteroatoms. The summed E-state index contributed by atoms with van der Waals surface area (Å²) in [7, 11) is 1.83. The normalized spacial score (nSPS) is 10.4. The van der Waals surface area contributed by atoms with Gasteiger partial charge in [0.25, 0.3) is 0 Å². The molecule has 0 amide bonds. The van der Waals surface area contributed by atoms with Gasteiger partial charge in [0.2, 0.25) is 5.95 Å². The van der Waals surface area contributed by atoms with Crippen LogP contribution in [0.2, 0.25) is 0 Å². The molecule has 0 aliphatic heterocycles. The van der Waals surface area contributed by atoms with Crippen molar-refractivity contribution in [3.63, 3.8) is 0 Å². The van der Waals surface area contributed by atoms with Gasteiger partial charge in [-0.2, -0.15) is 0 Å². The third kappa shape index (κ3) is 2.28. The molecule has 0 atom stereocenters. The topological polar surface area (TPSA) is 37.8 Å². The molecule has 0 aliphatic rings. The molecule has 0 bridgehead atoms. The van der Waals surface area contributed by atoms with Gasteiger partial charge in [-0.3, -0.25) is 0 Å². The lowest BCUT2D eigenvalue weighted by Crippen LogP contribution is -1.98. The lowest BCUT2D eigenvalue weighted by atomic mass is 9.97. The van der Waals surface area contributed by atoms with Crippen LogP contribution in [0, 0.1) is 20.8 Å². The Kier molecular flexibility index (Phi) is 3.09. The molecule has 88 valence electrons. The van der Waals surface area contributed by atoms with E-state index in [0.717, 1.165) is 5.69 Å². The van der Waals surface area contributed by atoms with E-state index in [0.29, 0.717) is 5.95 Å². The van der Waals surface area contributed by atoms with Gasteiger partial charge in [-0.15, -0.1) is 0 Å². The van der Waals surface area contributed by atoms with Crippen LogP contribution in [-0.2, 0) is 0 Å². The van der Waals surface area contributed by atoms with Crippen LogP contribution in [-0.4, -0.2) is 17.0 Å². The van der Waals surface area contributed by atoms with Crippen LogP contribution >= 0.6 is 0 Å². The first-order chi connectivity index (χ1) is 8.11. The number of hydrogen-bond donors (Lipinski definition) is 1. The summed E-state index contributed by atoms with van der Waals surface area (Å²) in [6, 6.07) is 6.32. The third-order valence-electron chi connectivity index (χ3n) is 2.81. The van der Waals surface area contributed by atoms with Gasteiger partial charge in [-0.25, -0.2) is 9.97 Å². The van der Waals surface area contributed by atoms with Crippen LogP contribution in [0.3, 0.4) is 0 Å². The fourth-order valence-electron chi connectivity index (χ4n) is 2.20. The Morgan fingerprint density at radius 3 is 2.29 bits per heavy atom. The molecule has 0 spiro atoms. The van der Waals surface area contributed by atoms with E-state index in [2.05, 4.69) is 48.2 Å². The Morgan fingerprint density at radius 1 is 1.06 bits per heavy atom. The lowest BCUT2D eigenvalue weighted by Gasteiger charge is -2.11. The molecule has 0 radical (unpaired) electrons. The summed E-state index contributed by atoms with van der Waals surface area (Å²) >= 11 is 0. The summed E-state index contributed by atoms with van der Waals surface area (Å²) in [4.78, 5) is 8.63. The van der Waals surface area contributed by atoms with Crippen LogP contribution in [0.4, 0.5) is 5.95 Å². The van der Waals surface area contributed by atoms with Gasteiger partial charge in [0.15, 0.2) is 0 Å². The highest BCUT2D eigenvalue weighted by molar-refractivity contribution is 5.68. The Balaban J connectivity index is 2.60. The van der Waals surface area contributed by atoms with Gasteiger partial charge in [0.1, 0.15) is 0 Å². The summed E-state index contributed by atoms with van der Waals surface area (Å²) in [5.74, 6) is 0.655. The number of nitrogens with zero attached hydrogens (tertiary/aromatic N) is 2. The zero-order valence-electron chi connectivity index (χ0n) is 10.7. The molecular formula is C14H17N3. The van der Waals surface area contributed by atoms with Crippen molar-refractivity contribution >= 4 is 5.95 Å². The van der Waals surface area contributed by atoms with Crippen LogP contribution < -0.4 is 5.32 Å². The van der Waals surface area contributed by atoms with Crippen molar-refractivity contribution < 1.29 is 0 Å². The first kappa shape index (κ1) is 11.6. The molecule has 17 heavy (non-hydrogen) atoms. The van der Waals surface area contributed by atoms with Gasteiger partial charge in [0.05, 0.1) is 5.69 Å². The molecular weight excluding hydrogens is 210 g/mol. The molecule has 0 unspecified atom stereocenters. The smallest absolute Gasteiger partial charge is 0.222 e. The van der Waals surface area contributed by atoms with Gasteiger partial charge in [-0.1, -0.05) is 17.7 Å². The molecule has 3 nitrogen and oxygen atoms in total. The predicted octanol–water partition coefficient (Wildman–Crippen LogP) is 3.11. The maximum atomic E-state index is 4.49. The Morgan fingerprint density at radius 2 is 1.71 bits per heavy atom. The minimum atomic E-state index is 0.655. The van der Waals surface area contributed by atoms with Gasteiger partial charge in [-0.05, 0) is 38.0 Å². The van der Waals surface area contributed by atoms with Crippen molar-refractivity contribution in [1.29, 1.82) is 0 Å². The number of anilines is 1. The van der Waals surface area contributed by atoms with Crippen LogP contribution in [0.5, 0.6) is 0 Å². The van der Waals surface area contributed by atoms with Gasteiger partial charge in [0, 0.05) is 18.8 Å². The molecule has 0 aliphatic carbocycles. The Hall–Kier alpha value is -1.90. The van der Waals surface area contributed by atoms with E-state index < -0.39 is 0 Å². The van der Waals surface area contributed by atoms with Crippen molar-refractivity contribution in [2.45, 2.75) is 20.8 Å². The highest BCUT2D eigenvalue weighted by Crippen LogP contribution is 2.26. The van der Waals surface area contributed by atoms with Crippen molar-refractivity contribution in [2.24, 2.45) is 0 Å². The minimum absolute atomic E-state index is 0.655. The molecule has 2 aromatic rings. The quantitative estimate of drug-likeness (QED) is 0.856. The maximum absolute atomic E-state index is 4.49. The minimum Gasteiger partial charge on any atom is -0.357 e. The fourth-order valence-corrected chi connectivity index (χ4v) is 2.20. The second-order valence-electron chi connectivity index (χ2n) is 4.29. The molecule has 2 rings (SSSR count). The number of nitrogens with one attached hydrogen (secondary N) is 1. The Bertz CT molecular complexity index is 524. The SMILES string of the molecule is CNc1nccc(-c2c(C)cc(C)cc2C)n1. The first-order valence-electron chi connectivity index (χ1n) is 5.71. The zero-order chi connectivity index (χ0) is 12.4. The predicted molar refractivity (Wildman–Crippen MR) is 71.2 cm³/mol. The second-order valence-corrected chi connectivity index (χ2v) is 4.29. The molecule has 0 saturated carbocycles. The molecule has 0 fully saturated rings. The number of aryl methyl sites for hydroxylation is 3. The zero-order valence-corrected chi connectivity index (χ0v) is 10.7. The van der Waals surface area contributed by atoms with Crippen molar-refractivity contribution in [3.05, 3.63) is 41.1 Å². The lowest BCUT2D eigenvalue weighted by molar-refractivity contribution is 1.15. The number of aromatic nitrogens is 2. The highest BCUT2D eigenvalue weighted by Gasteiger charge is 2.08. The fraction of sp³-hybridized carbons (Fsp3) is 0.286. The maximum Gasteiger partial charge on any atom is 0.222 e. The molecule has 1 heterocycles. The second kappa shape index (κ2) is 4.53. The van der Waals surface area contributed by atoms with Gasteiger partial charge >= 0.3 is 0 Å². The van der Waals surface area contributed by atoms with E-state index in [1.807, 2.05) is 13.1 Å². The largest absolute Gasteiger partial charge is 0.357 e. The summed E-state index contributed by atoms with van der Waals surface area (Å²) in [5.41, 5.74) is 5.96. The highest BCUT2D eigenvalue weighted by atomic mass is 15.1. The van der Waals surface area contributed by atoms with Gasteiger partial charge < -0.3 is 5.32 Å². The first-order valence-corrected chi connectivity index (χ1v) is 5.71. The van der Waals surface area contributed by atoms with E-state index in [-0.39, 0.29) is 0 Å². The monoisotopic (exact) mass is 227 g/mol. The Labute approximate surface area is 102 Å². The summed E-state index contributed by atoms with van der Waals surface area (Å²) in [6.45, 7) is 6.36. The van der Waals surface area contributed by atoms with Crippen molar-refractivity contribution in [3.8, 4) is 11.3 Å². The summed E-state index contributed by atoms with van der Waals surface area (Å²) < 4.78 is 0. The van der Waals surface area contributed by atoms with Crippen LogP contribution in [0.25, 0.3) is 11.3 Å². The average molecular weight is 227 g/mol. The number of rotatable bonds is 2. The van der Waals surface area contributed by atoms with E-state index in [1.54, 1.807) is 6.20 Å². The third-order valence-corrected chi connectivity index (χ3v) is 2.81.